The average molecular weight is 279 g/mol. The average Bonchev–Trinajstić information content (AvgIpc) is 2.91. The number of aromatic nitrogens is 2. The van der Waals surface area contributed by atoms with Gasteiger partial charge >= 0.3 is 0 Å². The monoisotopic (exact) mass is 279 g/mol. The second-order valence-electron chi connectivity index (χ2n) is 4.99. The van der Waals surface area contributed by atoms with E-state index in [1.165, 1.54) is 12.8 Å². The van der Waals surface area contributed by atoms with Gasteiger partial charge < -0.3 is 9.84 Å². The standard InChI is InChI=1S/C14H15F2N3O/c15-9-4-5-12(16)11(7-9)14-18-13(20-19-14)8-10-3-1-2-6-17-10/h4-5,7,10,17H,1-3,6,8H2. The normalized spacial score (nSPS) is 19.2. The Balaban J connectivity index is 1.77. The van der Waals surface area contributed by atoms with Gasteiger partial charge in [0.2, 0.25) is 11.7 Å². The van der Waals surface area contributed by atoms with Gasteiger partial charge in [0.25, 0.3) is 0 Å². The van der Waals surface area contributed by atoms with E-state index in [0.717, 1.165) is 31.2 Å². The van der Waals surface area contributed by atoms with Crippen LogP contribution < -0.4 is 5.32 Å². The SMILES string of the molecule is Fc1ccc(F)c(-c2noc(CC3CCCCN3)n2)c1. The molecule has 2 aromatic rings. The summed E-state index contributed by atoms with van der Waals surface area (Å²) in [6.07, 6.45) is 4.03. The molecule has 1 atom stereocenters. The fourth-order valence-electron chi connectivity index (χ4n) is 2.43. The molecule has 1 aromatic heterocycles. The highest BCUT2D eigenvalue weighted by atomic mass is 19.1. The number of benzene rings is 1. The van der Waals surface area contributed by atoms with Gasteiger partial charge in [-0.15, -0.1) is 0 Å². The summed E-state index contributed by atoms with van der Waals surface area (Å²) >= 11 is 0. The molecule has 2 heterocycles. The van der Waals surface area contributed by atoms with Crippen molar-refractivity contribution in [3.05, 3.63) is 35.7 Å². The molecule has 1 aromatic carbocycles. The summed E-state index contributed by atoms with van der Waals surface area (Å²) in [5.74, 6) is -0.549. The van der Waals surface area contributed by atoms with Crippen molar-refractivity contribution < 1.29 is 13.3 Å². The number of nitrogens with one attached hydrogen (secondary N) is 1. The number of hydrogen-bond donors (Lipinski definition) is 1. The Kier molecular flexibility index (Phi) is 3.73. The fraction of sp³-hybridized carbons (Fsp3) is 0.429. The van der Waals surface area contributed by atoms with Gasteiger partial charge in [0.05, 0.1) is 5.56 Å². The van der Waals surface area contributed by atoms with Crippen LogP contribution in [0.4, 0.5) is 8.78 Å². The van der Waals surface area contributed by atoms with Crippen LogP contribution in [0.2, 0.25) is 0 Å². The molecule has 1 aliphatic heterocycles. The largest absolute Gasteiger partial charge is 0.339 e. The van der Waals surface area contributed by atoms with Crippen molar-refractivity contribution in [3.8, 4) is 11.4 Å². The van der Waals surface area contributed by atoms with E-state index in [9.17, 15) is 8.78 Å². The summed E-state index contributed by atoms with van der Waals surface area (Å²) in [7, 11) is 0. The maximum atomic E-state index is 13.6. The Bertz CT molecular complexity index is 594. The lowest BCUT2D eigenvalue weighted by Gasteiger charge is -2.21. The van der Waals surface area contributed by atoms with Gasteiger partial charge in [-0.05, 0) is 37.6 Å². The van der Waals surface area contributed by atoms with Gasteiger partial charge in [-0.2, -0.15) is 4.98 Å². The van der Waals surface area contributed by atoms with E-state index >= 15 is 0 Å². The molecule has 0 radical (unpaired) electrons. The van der Waals surface area contributed by atoms with Crippen LogP contribution in [-0.4, -0.2) is 22.7 Å². The maximum Gasteiger partial charge on any atom is 0.228 e. The summed E-state index contributed by atoms with van der Waals surface area (Å²) in [4.78, 5) is 4.15. The van der Waals surface area contributed by atoms with Crippen LogP contribution in [0.3, 0.4) is 0 Å². The van der Waals surface area contributed by atoms with Gasteiger partial charge in [-0.1, -0.05) is 11.6 Å². The van der Waals surface area contributed by atoms with E-state index in [-0.39, 0.29) is 11.4 Å². The lowest BCUT2D eigenvalue weighted by Crippen LogP contribution is -2.35. The van der Waals surface area contributed by atoms with Gasteiger partial charge in [0.1, 0.15) is 11.6 Å². The second kappa shape index (κ2) is 5.66. The summed E-state index contributed by atoms with van der Waals surface area (Å²) in [5, 5.41) is 7.11. The van der Waals surface area contributed by atoms with Gasteiger partial charge in [0.15, 0.2) is 0 Å². The number of rotatable bonds is 3. The van der Waals surface area contributed by atoms with E-state index in [0.29, 0.717) is 18.4 Å². The molecule has 1 fully saturated rings. The van der Waals surface area contributed by atoms with Crippen molar-refractivity contribution in [1.82, 2.24) is 15.5 Å². The predicted molar refractivity (Wildman–Crippen MR) is 69.0 cm³/mol. The first-order valence-corrected chi connectivity index (χ1v) is 6.74. The van der Waals surface area contributed by atoms with Crippen LogP contribution in [0.25, 0.3) is 11.4 Å². The molecule has 0 spiro atoms. The highest BCUT2D eigenvalue weighted by Crippen LogP contribution is 2.21. The van der Waals surface area contributed by atoms with Gasteiger partial charge in [-0.3, -0.25) is 0 Å². The lowest BCUT2D eigenvalue weighted by molar-refractivity contribution is 0.331. The quantitative estimate of drug-likeness (QED) is 0.938. The lowest BCUT2D eigenvalue weighted by atomic mass is 10.0. The minimum absolute atomic E-state index is 0.0246. The molecule has 0 amide bonds. The van der Waals surface area contributed by atoms with E-state index in [1.807, 2.05) is 0 Å². The van der Waals surface area contributed by atoms with Crippen molar-refractivity contribution >= 4 is 0 Å². The molecular weight excluding hydrogens is 264 g/mol. The molecule has 3 rings (SSSR count). The highest BCUT2D eigenvalue weighted by Gasteiger charge is 2.18. The summed E-state index contributed by atoms with van der Waals surface area (Å²) in [5.41, 5.74) is 0.0246. The number of piperidine rings is 1. The van der Waals surface area contributed by atoms with Crippen LogP contribution in [0, 0.1) is 11.6 Å². The minimum atomic E-state index is -0.561. The molecule has 6 heteroatoms. The van der Waals surface area contributed by atoms with Gasteiger partial charge in [-0.25, -0.2) is 8.78 Å². The smallest absolute Gasteiger partial charge is 0.228 e. The zero-order valence-electron chi connectivity index (χ0n) is 10.9. The minimum Gasteiger partial charge on any atom is -0.339 e. The van der Waals surface area contributed by atoms with Crippen LogP contribution in [-0.2, 0) is 6.42 Å². The summed E-state index contributed by atoms with van der Waals surface area (Å²) in [6.45, 7) is 0.990. The summed E-state index contributed by atoms with van der Waals surface area (Å²) in [6, 6.07) is 3.51. The molecular formula is C14H15F2N3O. The second-order valence-corrected chi connectivity index (χ2v) is 4.99. The van der Waals surface area contributed by atoms with E-state index in [4.69, 9.17) is 4.52 Å². The van der Waals surface area contributed by atoms with E-state index < -0.39 is 11.6 Å². The molecule has 0 aliphatic carbocycles. The number of hydrogen-bond acceptors (Lipinski definition) is 4. The van der Waals surface area contributed by atoms with Crippen LogP contribution in [0.5, 0.6) is 0 Å². The predicted octanol–water partition coefficient (Wildman–Crippen LogP) is 2.70. The molecule has 20 heavy (non-hydrogen) atoms. The number of nitrogens with zero attached hydrogens (tertiary/aromatic N) is 2. The molecule has 1 unspecified atom stereocenters. The van der Waals surface area contributed by atoms with E-state index in [2.05, 4.69) is 15.5 Å². The molecule has 1 N–H and O–H groups in total. The van der Waals surface area contributed by atoms with Crippen molar-refractivity contribution in [2.24, 2.45) is 0 Å². The van der Waals surface area contributed by atoms with Crippen molar-refractivity contribution in [1.29, 1.82) is 0 Å². The maximum absolute atomic E-state index is 13.6. The van der Waals surface area contributed by atoms with Crippen LogP contribution >= 0.6 is 0 Å². The molecule has 1 saturated heterocycles. The van der Waals surface area contributed by atoms with Crippen molar-refractivity contribution in [3.63, 3.8) is 0 Å². The Morgan fingerprint density at radius 2 is 2.20 bits per heavy atom. The molecule has 1 aliphatic rings. The Morgan fingerprint density at radius 1 is 1.30 bits per heavy atom. The Morgan fingerprint density at radius 3 is 3.00 bits per heavy atom. The van der Waals surface area contributed by atoms with Crippen molar-refractivity contribution in [2.45, 2.75) is 31.7 Å². The molecule has 0 saturated carbocycles. The highest BCUT2D eigenvalue weighted by molar-refractivity contribution is 5.55. The third-order valence-corrected chi connectivity index (χ3v) is 3.47. The topological polar surface area (TPSA) is 51.0 Å². The fourth-order valence-corrected chi connectivity index (χ4v) is 2.43. The third-order valence-electron chi connectivity index (χ3n) is 3.47. The van der Waals surface area contributed by atoms with Crippen molar-refractivity contribution in [2.75, 3.05) is 6.54 Å². The molecule has 0 bridgehead atoms. The van der Waals surface area contributed by atoms with E-state index in [1.54, 1.807) is 0 Å². The number of halogens is 2. The molecule has 106 valence electrons. The van der Waals surface area contributed by atoms with Crippen LogP contribution in [0.1, 0.15) is 25.2 Å². The first-order chi connectivity index (χ1) is 9.72. The van der Waals surface area contributed by atoms with Crippen LogP contribution in [0.15, 0.2) is 22.7 Å². The first-order valence-electron chi connectivity index (χ1n) is 6.74. The molecule has 4 nitrogen and oxygen atoms in total. The Hall–Kier alpha value is -1.82. The zero-order chi connectivity index (χ0) is 13.9. The van der Waals surface area contributed by atoms with Gasteiger partial charge in [0, 0.05) is 12.5 Å². The summed E-state index contributed by atoms with van der Waals surface area (Å²) < 4.78 is 31.9. The Labute approximate surface area is 115 Å². The third kappa shape index (κ3) is 2.85. The zero-order valence-corrected chi connectivity index (χ0v) is 10.9. The first kappa shape index (κ1) is 13.2.